The molecule has 0 fully saturated rings. The number of likely N-dealkylation sites (N-methyl/N-ethyl adjacent to an activating group) is 1. The molecule has 1 heteroatoms. The summed E-state index contributed by atoms with van der Waals surface area (Å²) in [6.45, 7) is 2.19. The maximum Gasteiger partial charge on any atom is 0.0614 e. The number of anilines is 1. The van der Waals surface area contributed by atoms with Crippen LogP contribution in [0.5, 0.6) is 0 Å². The van der Waals surface area contributed by atoms with E-state index >= 15 is 0 Å². The van der Waals surface area contributed by atoms with Crippen molar-refractivity contribution in [2.24, 2.45) is 0 Å². The van der Waals surface area contributed by atoms with Gasteiger partial charge in [-0.3, -0.25) is 0 Å². The van der Waals surface area contributed by atoms with Gasteiger partial charge in [0.25, 0.3) is 0 Å². The number of benzene rings is 2. The van der Waals surface area contributed by atoms with Crippen LogP contribution in [-0.4, -0.2) is 7.05 Å². The van der Waals surface area contributed by atoms with Gasteiger partial charge in [0.15, 0.2) is 0 Å². The minimum absolute atomic E-state index is 0.554. The summed E-state index contributed by atoms with van der Waals surface area (Å²) in [5.74, 6) is 0.655. The Bertz CT molecular complexity index is 629. The minimum atomic E-state index is 0.554. The predicted molar refractivity (Wildman–Crippen MR) is 75.2 cm³/mol. The molecule has 0 N–H and O–H groups in total. The first kappa shape index (κ1) is 10.2. The van der Waals surface area contributed by atoms with Crippen molar-refractivity contribution < 1.29 is 0 Å². The van der Waals surface area contributed by atoms with E-state index in [-0.39, 0.29) is 0 Å². The van der Waals surface area contributed by atoms with Crippen molar-refractivity contribution in [3.63, 3.8) is 0 Å². The maximum atomic E-state index is 2.46. The summed E-state index contributed by atoms with van der Waals surface area (Å²) in [5.41, 5.74) is 7.40. The van der Waals surface area contributed by atoms with Crippen LogP contribution in [-0.2, 0) is 6.42 Å². The second-order valence-electron chi connectivity index (χ2n) is 5.63. The fourth-order valence-electron chi connectivity index (χ4n) is 3.77. The Morgan fingerprint density at radius 2 is 1.89 bits per heavy atom. The molecule has 0 amide bonds. The number of rotatable bonds is 0. The fraction of sp³-hybridized carbons (Fsp3) is 0.294. The molecule has 4 rings (SSSR count). The second kappa shape index (κ2) is 3.38. The first-order valence-electron chi connectivity index (χ1n) is 6.67. The first-order valence-corrected chi connectivity index (χ1v) is 6.67. The van der Waals surface area contributed by atoms with Crippen molar-refractivity contribution in [2.75, 3.05) is 11.9 Å². The standard InChI is InChI=1S/C17H17N/c1-11-7-8-16-14(9-11)15-10-12-5-3-4-6-13(12)17(15)18(16)2/h3-9,15,17H,10H2,1-2H3/t15-,17-/m1/s1. The summed E-state index contributed by atoms with van der Waals surface area (Å²) in [4.78, 5) is 2.46. The van der Waals surface area contributed by atoms with E-state index < -0.39 is 0 Å². The van der Waals surface area contributed by atoms with E-state index in [9.17, 15) is 0 Å². The topological polar surface area (TPSA) is 3.24 Å². The van der Waals surface area contributed by atoms with Gasteiger partial charge >= 0.3 is 0 Å². The van der Waals surface area contributed by atoms with Gasteiger partial charge in [0, 0.05) is 18.7 Å². The SMILES string of the molecule is Cc1ccc2c(c1)[C@H]1Cc3ccccc3[C@H]1N2C. The molecule has 0 spiro atoms. The Hall–Kier alpha value is -1.76. The Labute approximate surface area is 108 Å². The molecule has 2 aliphatic rings. The number of hydrogen-bond donors (Lipinski definition) is 0. The van der Waals surface area contributed by atoms with Gasteiger partial charge in [-0.05, 0) is 36.1 Å². The van der Waals surface area contributed by atoms with Crippen LogP contribution >= 0.6 is 0 Å². The molecule has 1 nitrogen and oxygen atoms in total. The van der Waals surface area contributed by atoms with Crippen LogP contribution in [0, 0.1) is 6.92 Å². The zero-order chi connectivity index (χ0) is 12.3. The molecular formula is C17H17N. The molecule has 1 heterocycles. The largest absolute Gasteiger partial charge is 0.367 e. The molecule has 2 aromatic rings. The Morgan fingerprint density at radius 3 is 2.78 bits per heavy atom. The highest BCUT2D eigenvalue weighted by molar-refractivity contribution is 5.66. The van der Waals surface area contributed by atoms with Gasteiger partial charge in [-0.1, -0.05) is 42.0 Å². The highest BCUT2D eigenvalue weighted by Gasteiger charge is 2.42. The van der Waals surface area contributed by atoms with Crippen molar-refractivity contribution in [1.29, 1.82) is 0 Å². The van der Waals surface area contributed by atoms with Crippen LogP contribution in [0.25, 0.3) is 0 Å². The van der Waals surface area contributed by atoms with E-state index in [1.54, 1.807) is 5.56 Å². The van der Waals surface area contributed by atoms with E-state index in [2.05, 4.69) is 61.3 Å². The van der Waals surface area contributed by atoms with Crippen LogP contribution < -0.4 is 4.90 Å². The third-order valence-electron chi connectivity index (χ3n) is 4.57. The third-order valence-corrected chi connectivity index (χ3v) is 4.57. The minimum Gasteiger partial charge on any atom is -0.367 e. The van der Waals surface area contributed by atoms with Gasteiger partial charge in [-0.2, -0.15) is 0 Å². The zero-order valence-electron chi connectivity index (χ0n) is 10.9. The fourth-order valence-corrected chi connectivity index (χ4v) is 3.77. The summed E-state index contributed by atoms with van der Waals surface area (Å²) in [6.07, 6.45) is 1.20. The van der Waals surface area contributed by atoms with Crippen molar-refractivity contribution in [3.05, 3.63) is 64.7 Å². The summed E-state index contributed by atoms with van der Waals surface area (Å²) >= 11 is 0. The Morgan fingerprint density at radius 1 is 1.06 bits per heavy atom. The average molecular weight is 235 g/mol. The average Bonchev–Trinajstić information content (AvgIpc) is 2.87. The lowest BCUT2D eigenvalue weighted by molar-refractivity contribution is 0.618. The predicted octanol–water partition coefficient (Wildman–Crippen LogP) is 3.83. The number of hydrogen-bond acceptors (Lipinski definition) is 1. The van der Waals surface area contributed by atoms with Gasteiger partial charge in [0.1, 0.15) is 0 Å². The molecule has 1 aliphatic carbocycles. The van der Waals surface area contributed by atoms with Gasteiger partial charge in [-0.25, -0.2) is 0 Å². The molecule has 0 saturated heterocycles. The molecule has 1 aliphatic heterocycles. The Kier molecular flexibility index (Phi) is 1.91. The molecule has 2 aromatic carbocycles. The molecule has 18 heavy (non-hydrogen) atoms. The van der Waals surface area contributed by atoms with Crippen molar-refractivity contribution >= 4 is 5.69 Å². The van der Waals surface area contributed by atoms with Gasteiger partial charge in [0.2, 0.25) is 0 Å². The van der Waals surface area contributed by atoms with Crippen LogP contribution in [0.2, 0.25) is 0 Å². The lowest BCUT2D eigenvalue weighted by Gasteiger charge is -2.22. The second-order valence-corrected chi connectivity index (χ2v) is 5.63. The molecule has 90 valence electrons. The highest BCUT2D eigenvalue weighted by Crippen LogP contribution is 2.54. The Balaban J connectivity index is 1.90. The van der Waals surface area contributed by atoms with Gasteiger partial charge < -0.3 is 4.90 Å². The van der Waals surface area contributed by atoms with Crippen molar-refractivity contribution in [2.45, 2.75) is 25.3 Å². The lowest BCUT2D eigenvalue weighted by atomic mass is 9.95. The van der Waals surface area contributed by atoms with Gasteiger partial charge in [-0.15, -0.1) is 0 Å². The number of aryl methyl sites for hydroxylation is 1. The maximum absolute atomic E-state index is 2.46. The van der Waals surface area contributed by atoms with Crippen LogP contribution in [0.1, 0.15) is 34.2 Å². The molecule has 0 unspecified atom stereocenters. The zero-order valence-corrected chi connectivity index (χ0v) is 10.9. The summed E-state index contributed by atoms with van der Waals surface area (Å²) in [6, 6.07) is 16.4. The van der Waals surface area contributed by atoms with Crippen LogP contribution in [0.4, 0.5) is 5.69 Å². The van der Waals surface area contributed by atoms with Gasteiger partial charge in [0.05, 0.1) is 6.04 Å². The lowest BCUT2D eigenvalue weighted by Crippen LogP contribution is -2.19. The smallest absolute Gasteiger partial charge is 0.0614 e. The summed E-state index contributed by atoms with van der Waals surface area (Å²) in [5, 5.41) is 0. The molecule has 2 atom stereocenters. The van der Waals surface area contributed by atoms with E-state index in [0.29, 0.717) is 12.0 Å². The van der Waals surface area contributed by atoms with E-state index in [0.717, 1.165) is 0 Å². The molecular weight excluding hydrogens is 218 g/mol. The molecule has 0 bridgehead atoms. The summed E-state index contributed by atoms with van der Waals surface area (Å²) < 4.78 is 0. The first-order chi connectivity index (χ1) is 8.75. The molecule has 0 aromatic heterocycles. The number of nitrogens with zero attached hydrogens (tertiary/aromatic N) is 1. The van der Waals surface area contributed by atoms with E-state index in [4.69, 9.17) is 0 Å². The molecule has 0 saturated carbocycles. The van der Waals surface area contributed by atoms with Crippen molar-refractivity contribution in [1.82, 2.24) is 0 Å². The van der Waals surface area contributed by atoms with Crippen LogP contribution in [0.15, 0.2) is 42.5 Å². The van der Waals surface area contributed by atoms with E-state index in [1.165, 1.54) is 28.8 Å². The van der Waals surface area contributed by atoms with Crippen molar-refractivity contribution in [3.8, 4) is 0 Å². The summed E-state index contributed by atoms with van der Waals surface area (Å²) in [7, 11) is 2.24. The normalized spacial score (nSPS) is 23.8. The number of fused-ring (bicyclic) bond motifs is 5. The quantitative estimate of drug-likeness (QED) is 0.671. The third kappa shape index (κ3) is 1.17. The molecule has 0 radical (unpaired) electrons. The highest BCUT2D eigenvalue weighted by atomic mass is 15.2. The van der Waals surface area contributed by atoms with E-state index in [1.807, 2.05) is 0 Å². The monoisotopic (exact) mass is 235 g/mol. The van der Waals surface area contributed by atoms with Crippen LogP contribution in [0.3, 0.4) is 0 Å².